The van der Waals surface area contributed by atoms with Crippen LogP contribution in [0.5, 0.6) is 0 Å². The Morgan fingerprint density at radius 1 is 0.903 bits per heavy atom. The summed E-state index contributed by atoms with van der Waals surface area (Å²) < 4.78 is 15.4. The summed E-state index contributed by atoms with van der Waals surface area (Å²) in [6.07, 6.45) is 6.31. The van der Waals surface area contributed by atoms with Crippen molar-refractivity contribution in [3.63, 3.8) is 0 Å². The first-order valence-corrected chi connectivity index (χ1v) is 11.2. The van der Waals surface area contributed by atoms with Gasteiger partial charge in [-0.05, 0) is 44.0 Å². The Morgan fingerprint density at radius 3 is 2.32 bits per heavy atom. The Bertz CT molecular complexity index is 1160. The fourth-order valence-corrected chi connectivity index (χ4v) is 4.68. The van der Waals surface area contributed by atoms with Crippen LogP contribution in [0.1, 0.15) is 39.0 Å². The summed E-state index contributed by atoms with van der Waals surface area (Å²) in [6.45, 7) is 3.14. The molecule has 1 fully saturated rings. The Morgan fingerprint density at radius 2 is 1.61 bits per heavy atom. The predicted octanol–water partition coefficient (Wildman–Crippen LogP) is 6.36. The topological polar surface area (TPSA) is 33.4 Å². The zero-order valence-electron chi connectivity index (χ0n) is 17.8. The highest BCUT2D eigenvalue weighted by Crippen LogP contribution is 2.31. The van der Waals surface area contributed by atoms with E-state index in [1.54, 1.807) is 12.1 Å². The van der Waals surface area contributed by atoms with Gasteiger partial charge in [-0.1, -0.05) is 49.6 Å². The monoisotopic (exact) mass is 414 g/mol. The molecule has 2 aromatic heterocycles. The van der Waals surface area contributed by atoms with Crippen LogP contribution in [0.25, 0.3) is 28.2 Å². The predicted molar refractivity (Wildman–Crippen MR) is 124 cm³/mol. The van der Waals surface area contributed by atoms with E-state index in [-0.39, 0.29) is 5.82 Å². The molecule has 5 rings (SSSR count). The molecule has 5 heteroatoms. The molecule has 0 radical (unpaired) electrons. The average molecular weight is 415 g/mol. The minimum absolute atomic E-state index is 0.243. The summed E-state index contributed by atoms with van der Waals surface area (Å²) in [5.41, 5.74) is 4.54. The molecule has 1 saturated carbocycles. The number of benzene rings is 2. The lowest BCUT2D eigenvalue weighted by Gasteiger charge is -2.35. The minimum atomic E-state index is -0.243. The number of hydrogen-bond donors (Lipinski definition) is 0. The zero-order chi connectivity index (χ0) is 21.2. The van der Waals surface area contributed by atoms with Crippen LogP contribution in [0.2, 0.25) is 0 Å². The number of aromatic nitrogens is 3. The molecule has 4 aromatic rings. The molecule has 2 aromatic carbocycles. The second-order valence-electron chi connectivity index (χ2n) is 8.25. The summed E-state index contributed by atoms with van der Waals surface area (Å²) in [5.74, 6) is 0.832. The van der Waals surface area contributed by atoms with Gasteiger partial charge in [0.15, 0.2) is 5.65 Å². The van der Waals surface area contributed by atoms with Gasteiger partial charge in [0, 0.05) is 35.8 Å². The third-order valence-corrected chi connectivity index (χ3v) is 6.27. The molecule has 0 N–H and O–H groups in total. The molecular weight excluding hydrogens is 387 g/mol. The largest absolute Gasteiger partial charge is 0.354 e. The average Bonchev–Trinajstić information content (AvgIpc) is 3.26. The van der Waals surface area contributed by atoms with Gasteiger partial charge >= 0.3 is 0 Å². The van der Waals surface area contributed by atoms with E-state index in [1.165, 1.54) is 44.2 Å². The van der Waals surface area contributed by atoms with Crippen molar-refractivity contribution in [1.82, 2.24) is 14.6 Å². The van der Waals surface area contributed by atoms with Crippen LogP contribution >= 0.6 is 0 Å². The fourth-order valence-electron chi connectivity index (χ4n) is 4.68. The Kier molecular flexibility index (Phi) is 5.41. The molecule has 1 aliphatic carbocycles. The standard InChI is InChI=1S/C26H27FN4/c1-2-30(22-11-7-4-8-12-22)26-18-23(19-9-5-3-6-10-19)28-25-17-24(29-31(25)26)20-13-15-21(27)16-14-20/h3,5-6,9-10,13-18,22H,2,4,7-8,11-12H2,1H3. The summed E-state index contributed by atoms with van der Waals surface area (Å²) in [7, 11) is 0. The van der Waals surface area contributed by atoms with Crippen LogP contribution in [0.15, 0.2) is 66.7 Å². The van der Waals surface area contributed by atoms with Crippen molar-refractivity contribution >= 4 is 11.5 Å². The van der Waals surface area contributed by atoms with Gasteiger partial charge < -0.3 is 4.90 Å². The Labute approximate surface area is 182 Å². The van der Waals surface area contributed by atoms with Crippen molar-refractivity contribution in [2.24, 2.45) is 0 Å². The Balaban J connectivity index is 1.67. The third kappa shape index (κ3) is 3.92. The van der Waals surface area contributed by atoms with Gasteiger partial charge in [-0.2, -0.15) is 9.61 Å². The van der Waals surface area contributed by atoms with Gasteiger partial charge in [0.1, 0.15) is 11.6 Å². The van der Waals surface area contributed by atoms with Crippen LogP contribution < -0.4 is 4.90 Å². The molecule has 0 saturated heterocycles. The third-order valence-electron chi connectivity index (χ3n) is 6.27. The first-order valence-electron chi connectivity index (χ1n) is 11.2. The molecule has 158 valence electrons. The van der Waals surface area contributed by atoms with E-state index < -0.39 is 0 Å². The van der Waals surface area contributed by atoms with Crippen molar-refractivity contribution in [1.29, 1.82) is 0 Å². The SMILES string of the molecule is CCN(c1cc(-c2ccccc2)nc2cc(-c3ccc(F)cc3)nn12)C1CCCCC1. The number of rotatable bonds is 5. The van der Waals surface area contributed by atoms with Crippen molar-refractivity contribution in [2.45, 2.75) is 45.1 Å². The number of hydrogen-bond acceptors (Lipinski definition) is 3. The van der Waals surface area contributed by atoms with Gasteiger partial charge in [0.2, 0.25) is 0 Å². The Hall–Kier alpha value is -3.21. The second-order valence-corrected chi connectivity index (χ2v) is 8.25. The van der Waals surface area contributed by atoms with E-state index >= 15 is 0 Å². The second kappa shape index (κ2) is 8.50. The maximum atomic E-state index is 13.4. The molecule has 0 spiro atoms. The lowest BCUT2D eigenvalue weighted by molar-refractivity contribution is 0.415. The normalized spacial score (nSPS) is 14.8. The lowest BCUT2D eigenvalue weighted by atomic mass is 9.94. The maximum Gasteiger partial charge on any atom is 0.158 e. The van der Waals surface area contributed by atoms with Crippen LogP contribution in [0, 0.1) is 5.82 Å². The number of anilines is 1. The number of halogens is 1. The molecule has 0 bridgehead atoms. The summed E-state index contributed by atoms with van der Waals surface area (Å²) in [6, 6.07) is 21.5. The number of nitrogens with zero attached hydrogens (tertiary/aromatic N) is 4. The van der Waals surface area contributed by atoms with E-state index in [2.05, 4.69) is 30.0 Å². The van der Waals surface area contributed by atoms with E-state index in [1.807, 2.05) is 28.8 Å². The van der Waals surface area contributed by atoms with E-state index in [4.69, 9.17) is 10.1 Å². The maximum absolute atomic E-state index is 13.4. The molecule has 0 atom stereocenters. The highest BCUT2D eigenvalue weighted by Gasteiger charge is 2.24. The summed E-state index contributed by atoms with van der Waals surface area (Å²) in [5, 5.41) is 4.90. The molecule has 1 aliphatic rings. The first kappa shape index (κ1) is 19.7. The van der Waals surface area contributed by atoms with Crippen molar-refractivity contribution in [2.75, 3.05) is 11.4 Å². The highest BCUT2D eigenvalue weighted by atomic mass is 19.1. The minimum Gasteiger partial charge on any atom is -0.354 e. The molecule has 0 unspecified atom stereocenters. The molecule has 4 nitrogen and oxygen atoms in total. The molecule has 0 aliphatic heterocycles. The smallest absolute Gasteiger partial charge is 0.158 e. The van der Waals surface area contributed by atoms with E-state index in [0.29, 0.717) is 6.04 Å². The van der Waals surface area contributed by atoms with Crippen molar-refractivity contribution < 1.29 is 4.39 Å². The quantitative estimate of drug-likeness (QED) is 0.381. The van der Waals surface area contributed by atoms with Crippen LogP contribution in [0.4, 0.5) is 10.2 Å². The van der Waals surface area contributed by atoms with E-state index in [9.17, 15) is 4.39 Å². The van der Waals surface area contributed by atoms with Crippen LogP contribution in [-0.4, -0.2) is 27.2 Å². The molecule has 31 heavy (non-hydrogen) atoms. The van der Waals surface area contributed by atoms with Gasteiger partial charge in [-0.25, -0.2) is 9.37 Å². The highest BCUT2D eigenvalue weighted by molar-refractivity contribution is 5.71. The fraction of sp³-hybridized carbons (Fsp3) is 0.308. The molecular formula is C26H27FN4. The zero-order valence-corrected chi connectivity index (χ0v) is 17.8. The summed E-state index contributed by atoms with van der Waals surface area (Å²) in [4.78, 5) is 7.42. The van der Waals surface area contributed by atoms with Gasteiger partial charge in [0.25, 0.3) is 0 Å². The van der Waals surface area contributed by atoms with Crippen molar-refractivity contribution in [3.05, 3.63) is 72.5 Å². The van der Waals surface area contributed by atoms with Crippen LogP contribution in [0.3, 0.4) is 0 Å². The van der Waals surface area contributed by atoms with Gasteiger partial charge in [-0.15, -0.1) is 0 Å². The van der Waals surface area contributed by atoms with E-state index in [0.717, 1.165) is 40.5 Å². The van der Waals surface area contributed by atoms with Gasteiger partial charge in [-0.3, -0.25) is 0 Å². The number of fused-ring (bicyclic) bond motifs is 1. The molecule has 0 amide bonds. The van der Waals surface area contributed by atoms with Gasteiger partial charge in [0.05, 0.1) is 11.4 Å². The first-order chi connectivity index (χ1) is 15.2. The lowest BCUT2D eigenvalue weighted by Crippen LogP contribution is -2.38. The van der Waals surface area contributed by atoms with Crippen LogP contribution in [-0.2, 0) is 0 Å². The van der Waals surface area contributed by atoms with Crippen molar-refractivity contribution in [3.8, 4) is 22.5 Å². The molecule has 2 heterocycles. The summed E-state index contributed by atoms with van der Waals surface area (Å²) >= 11 is 0.